The smallest absolute Gasteiger partial charge is 0.323 e. The summed E-state index contributed by atoms with van der Waals surface area (Å²) in [5.41, 5.74) is 1.48. The maximum absolute atomic E-state index is 13.5. The van der Waals surface area contributed by atoms with E-state index in [4.69, 9.17) is 9.26 Å². The van der Waals surface area contributed by atoms with E-state index in [1.165, 1.54) is 42.5 Å². The number of nitrogens with one attached hydrogen (secondary N) is 2. The van der Waals surface area contributed by atoms with Gasteiger partial charge in [0.25, 0.3) is 0 Å². The Hall–Kier alpha value is -4.01. The second kappa shape index (κ2) is 13.1. The Kier molecular flexibility index (Phi) is 9.72. The predicted octanol–water partition coefficient (Wildman–Crippen LogP) is 3.54. The molecule has 1 aromatic heterocycles. The van der Waals surface area contributed by atoms with Crippen LogP contribution >= 0.6 is 0 Å². The van der Waals surface area contributed by atoms with Gasteiger partial charge in [0.15, 0.2) is 5.76 Å². The molecule has 0 saturated carbocycles. The van der Waals surface area contributed by atoms with Gasteiger partial charge in [-0.3, -0.25) is 4.79 Å². The number of carbonyl (C=O) groups is 2. The van der Waals surface area contributed by atoms with Gasteiger partial charge >= 0.3 is 6.03 Å². The molecular formula is C29H36FN5O7S. The summed E-state index contributed by atoms with van der Waals surface area (Å²) in [4.78, 5) is 27.6. The van der Waals surface area contributed by atoms with Crippen LogP contribution in [0.15, 0.2) is 51.9 Å². The topological polar surface area (TPSA) is 154 Å². The number of anilines is 2. The number of urea groups is 1. The fourth-order valence-electron chi connectivity index (χ4n) is 4.90. The van der Waals surface area contributed by atoms with Gasteiger partial charge in [-0.1, -0.05) is 12.1 Å². The highest BCUT2D eigenvalue weighted by Gasteiger charge is 2.35. The highest BCUT2D eigenvalue weighted by Crippen LogP contribution is 2.30. The Labute approximate surface area is 249 Å². The van der Waals surface area contributed by atoms with Crippen LogP contribution in [0.5, 0.6) is 5.75 Å². The van der Waals surface area contributed by atoms with Crippen LogP contribution in [0.3, 0.4) is 0 Å². The van der Waals surface area contributed by atoms with Crippen molar-refractivity contribution in [3.8, 4) is 5.75 Å². The number of aromatic nitrogens is 1. The van der Waals surface area contributed by atoms with E-state index in [2.05, 4.69) is 15.8 Å². The molecule has 0 saturated heterocycles. The number of hydrogen-bond acceptors (Lipinski definition) is 8. The molecule has 0 unspecified atom stereocenters. The van der Waals surface area contributed by atoms with Crippen LogP contribution in [0, 0.1) is 25.6 Å². The first-order valence-electron chi connectivity index (χ1n) is 13.7. The van der Waals surface area contributed by atoms with E-state index in [0.29, 0.717) is 22.7 Å². The molecule has 14 heteroatoms. The van der Waals surface area contributed by atoms with Crippen molar-refractivity contribution in [1.82, 2.24) is 14.4 Å². The first-order valence-corrected chi connectivity index (χ1v) is 15.2. The van der Waals surface area contributed by atoms with E-state index >= 15 is 0 Å². The van der Waals surface area contributed by atoms with E-state index in [1.807, 2.05) is 6.92 Å². The van der Waals surface area contributed by atoms with Gasteiger partial charge in [0.2, 0.25) is 15.9 Å². The molecule has 3 atom stereocenters. The van der Waals surface area contributed by atoms with Gasteiger partial charge in [-0.15, -0.1) is 0 Å². The van der Waals surface area contributed by atoms with Gasteiger partial charge in [0.05, 0.1) is 25.6 Å². The number of halogens is 1. The number of rotatable bonds is 8. The summed E-state index contributed by atoms with van der Waals surface area (Å²) in [7, 11) is -2.54. The standard InChI is InChI=1S/C29H36FN5O7S/c1-17-14-35(18(2)16-36)27(37)13-21-12-24(32-29(38)31-23-8-6-22(30)7-9-23)10-11-25(21)41-26(17)15-34(5)43(39,40)28-19(3)33-42-20(28)4/h6-12,17-18,26,36H,13-16H2,1-5H3,(H2,31,32,38)/t17-,18+,26+/m0/s1. The number of carbonyl (C=O) groups excluding carboxylic acids is 2. The Morgan fingerprint density at radius 2 is 1.84 bits per heavy atom. The number of aliphatic hydroxyl groups is 1. The third-order valence-electron chi connectivity index (χ3n) is 7.35. The van der Waals surface area contributed by atoms with Crippen molar-refractivity contribution in [2.45, 2.75) is 51.2 Å². The normalized spacial score (nSPS) is 18.2. The van der Waals surface area contributed by atoms with Crippen molar-refractivity contribution in [1.29, 1.82) is 0 Å². The average Bonchev–Trinajstić information content (AvgIpc) is 3.32. The van der Waals surface area contributed by atoms with Gasteiger partial charge in [0, 0.05) is 36.4 Å². The van der Waals surface area contributed by atoms with Gasteiger partial charge in [0.1, 0.15) is 28.3 Å². The number of amides is 3. The number of likely N-dealkylation sites (N-methyl/N-ethyl adjacent to an activating group) is 1. The lowest BCUT2D eigenvalue weighted by atomic mass is 10.0. The molecule has 0 radical (unpaired) electrons. The largest absolute Gasteiger partial charge is 0.488 e. The number of sulfonamides is 1. The zero-order valence-electron chi connectivity index (χ0n) is 24.6. The molecule has 0 fully saturated rings. The van der Waals surface area contributed by atoms with E-state index < -0.39 is 34.0 Å². The number of ether oxygens (including phenoxy) is 1. The molecule has 2 aromatic carbocycles. The number of aliphatic hydroxyl groups excluding tert-OH is 1. The monoisotopic (exact) mass is 617 g/mol. The Bertz CT molecular complexity index is 1560. The summed E-state index contributed by atoms with van der Waals surface area (Å²) in [5, 5.41) is 19.0. The zero-order chi connectivity index (χ0) is 31.5. The minimum absolute atomic E-state index is 0.00791. The van der Waals surface area contributed by atoms with Crippen LogP contribution in [-0.2, 0) is 21.2 Å². The molecule has 0 bridgehead atoms. The van der Waals surface area contributed by atoms with Crippen LogP contribution in [-0.4, -0.2) is 78.7 Å². The molecule has 0 aliphatic carbocycles. The Morgan fingerprint density at radius 1 is 1.19 bits per heavy atom. The molecule has 3 amide bonds. The number of fused-ring (bicyclic) bond motifs is 1. The van der Waals surface area contributed by atoms with Crippen molar-refractivity contribution < 1.29 is 36.8 Å². The fourth-order valence-corrected chi connectivity index (χ4v) is 6.37. The van der Waals surface area contributed by atoms with Gasteiger partial charge < -0.3 is 29.9 Å². The summed E-state index contributed by atoms with van der Waals surface area (Å²) in [6.45, 7) is 6.56. The molecule has 4 rings (SSSR count). The van der Waals surface area contributed by atoms with E-state index in [-0.39, 0.29) is 54.3 Å². The molecule has 0 spiro atoms. The van der Waals surface area contributed by atoms with Crippen molar-refractivity contribution in [2.24, 2.45) is 5.92 Å². The summed E-state index contributed by atoms with van der Waals surface area (Å²) in [5.74, 6) is -0.501. The number of aryl methyl sites for hydroxylation is 2. The van der Waals surface area contributed by atoms with Crippen molar-refractivity contribution in [3.63, 3.8) is 0 Å². The average molecular weight is 618 g/mol. The SMILES string of the molecule is Cc1noc(C)c1S(=O)(=O)N(C)C[C@H]1Oc2ccc(NC(=O)Nc3ccc(F)cc3)cc2CC(=O)N([C@H](C)CO)C[C@@H]1C. The van der Waals surface area contributed by atoms with E-state index in [1.54, 1.807) is 36.9 Å². The van der Waals surface area contributed by atoms with Crippen LogP contribution in [0.1, 0.15) is 30.9 Å². The van der Waals surface area contributed by atoms with E-state index in [9.17, 15) is 27.5 Å². The molecule has 12 nitrogen and oxygen atoms in total. The van der Waals surface area contributed by atoms with Crippen LogP contribution in [0.2, 0.25) is 0 Å². The third kappa shape index (κ3) is 7.32. The maximum atomic E-state index is 13.5. The summed E-state index contributed by atoms with van der Waals surface area (Å²) >= 11 is 0. The zero-order valence-corrected chi connectivity index (χ0v) is 25.4. The molecule has 1 aliphatic heterocycles. The lowest BCUT2D eigenvalue weighted by Gasteiger charge is -2.33. The summed E-state index contributed by atoms with van der Waals surface area (Å²) in [6.07, 6.45) is -0.777. The van der Waals surface area contributed by atoms with Crippen LogP contribution < -0.4 is 15.4 Å². The molecule has 3 N–H and O–H groups in total. The Balaban J connectivity index is 1.62. The highest BCUT2D eigenvalue weighted by atomic mass is 32.2. The number of hydrogen-bond donors (Lipinski definition) is 3. The molecule has 1 aliphatic rings. The molecule has 2 heterocycles. The summed E-state index contributed by atoms with van der Waals surface area (Å²) in [6, 6.07) is 9.05. The first-order chi connectivity index (χ1) is 20.3. The lowest BCUT2D eigenvalue weighted by molar-refractivity contribution is -0.134. The quantitative estimate of drug-likeness (QED) is 0.347. The predicted molar refractivity (Wildman–Crippen MR) is 157 cm³/mol. The van der Waals surface area contributed by atoms with Crippen molar-refractivity contribution in [2.75, 3.05) is 37.4 Å². The lowest BCUT2D eigenvalue weighted by Crippen LogP contribution is -2.48. The minimum atomic E-state index is -3.98. The third-order valence-corrected chi connectivity index (χ3v) is 9.42. The van der Waals surface area contributed by atoms with Gasteiger partial charge in [-0.05, 0) is 63.2 Å². The highest BCUT2D eigenvalue weighted by molar-refractivity contribution is 7.89. The van der Waals surface area contributed by atoms with Crippen molar-refractivity contribution in [3.05, 3.63) is 65.3 Å². The second-order valence-electron chi connectivity index (χ2n) is 10.7. The fraction of sp³-hybridized carbons (Fsp3) is 0.414. The number of benzene rings is 2. The molecule has 43 heavy (non-hydrogen) atoms. The van der Waals surface area contributed by atoms with Gasteiger partial charge in [-0.2, -0.15) is 4.31 Å². The molecule has 3 aromatic rings. The van der Waals surface area contributed by atoms with Crippen LogP contribution in [0.25, 0.3) is 0 Å². The molecule has 232 valence electrons. The number of nitrogens with zero attached hydrogens (tertiary/aromatic N) is 3. The van der Waals surface area contributed by atoms with Crippen molar-refractivity contribution >= 4 is 33.3 Å². The summed E-state index contributed by atoms with van der Waals surface area (Å²) < 4.78 is 52.8. The second-order valence-corrected chi connectivity index (χ2v) is 12.7. The van der Waals surface area contributed by atoms with E-state index in [0.717, 1.165) is 0 Å². The Morgan fingerprint density at radius 3 is 2.47 bits per heavy atom. The first kappa shape index (κ1) is 31.9. The maximum Gasteiger partial charge on any atom is 0.323 e. The van der Waals surface area contributed by atoms with Gasteiger partial charge in [-0.25, -0.2) is 17.6 Å². The van der Waals surface area contributed by atoms with Crippen LogP contribution in [0.4, 0.5) is 20.6 Å². The molecular weight excluding hydrogens is 581 g/mol. The minimum Gasteiger partial charge on any atom is -0.488 e.